The molecule has 3 aromatic rings. The fraction of sp³-hybridized carbons (Fsp3) is 0.333. The second-order valence-electron chi connectivity index (χ2n) is 8.77. The Morgan fingerprint density at radius 1 is 0.886 bits per heavy atom. The highest BCUT2D eigenvalue weighted by Gasteiger charge is 2.29. The van der Waals surface area contributed by atoms with Gasteiger partial charge in [0.1, 0.15) is 11.8 Å². The third kappa shape index (κ3) is 8.60. The van der Waals surface area contributed by atoms with Crippen molar-refractivity contribution in [3.05, 3.63) is 102 Å². The van der Waals surface area contributed by atoms with Gasteiger partial charge in [-0.05, 0) is 43.0 Å². The van der Waals surface area contributed by atoms with Crippen LogP contribution in [0.15, 0.2) is 84.9 Å². The van der Waals surface area contributed by atoms with Crippen LogP contribution in [0.2, 0.25) is 0 Å². The van der Waals surface area contributed by atoms with Crippen molar-refractivity contribution < 1.29 is 14.3 Å². The van der Waals surface area contributed by atoms with Gasteiger partial charge in [-0.25, -0.2) is 0 Å². The van der Waals surface area contributed by atoms with E-state index in [0.717, 1.165) is 28.9 Å². The van der Waals surface area contributed by atoms with Crippen LogP contribution in [-0.4, -0.2) is 35.9 Å². The summed E-state index contributed by atoms with van der Waals surface area (Å²) in [5, 5.41) is 3.01. The van der Waals surface area contributed by atoms with Gasteiger partial charge in [-0.15, -0.1) is 0 Å². The summed E-state index contributed by atoms with van der Waals surface area (Å²) in [6, 6.07) is 27.0. The lowest BCUT2D eigenvalue weighted by atomic mass is 10.0. The SMILES string of the molecule is CCCNC(=O)[C@H](Cc1ccccc1)N(Cc1ccc(C)cc1)C(=O)CCCOc1ccccc1. The lowest BCUT2D eigenvalue weighted by Crippen LogP contribution is -2.50. The normalized spacial score (nSPS) is 11.5. The zero-order valence-electron chi connectivity index (χ0n) is 20.8. The molecule has 0 aliphatic carbocycles. The Balaban J connectivity index is 1.77. The molecule has 0 unspecified atom stereocenters. The average molecular weight is 473 g/mol. The van der Waals surface area contributed by atoms with E-state index in [2.05, 4.69) is 5.32 Å². The summed E-state index contributed by atoms with van der Waals surface area (Å²) in [4.78, 5) is 28.5. The molecular formula is C30H36N2O3. The molecule has 0 heterocycles. The van der Waals surface area contributed by atoms with Crippen LogP contribution < -0.4 is 10.1 Å². The predicted octanol–water partition coefficient (Wildman–Crippen LogP) is 5.32. The third-order valence-electron chi connectivity index (χ3n) is 5.84. The van der Waals surface area contributed by atoms with Crippen molar-refractivity contribution in [3.63, 3.8) is 0 Å². The fourth-order valence-electron chi connectivity index (χ4n) is 3.88. The van der Waals surface area contributed by atoms with Gasteiger partial charge in [-0.2, -0.15) is 0 Å². The molecule has 3 aromatic carbocycles. The second-order valence-corrected chi connectivity index (χ2v) is 8.77. The van der Waals surface area contributed by atoms with Gasteiger partial charge in [-0.1, -0.05) is 85.3 Å². The summed E-state index contributed by atoms with van der Waals surface area (Å²) in [5.74, 6) is 0.629. The van der Waals surface area contributed by atoms with Crippen LogP contribution in [0.3, 0.4) is 0 Å². The maximum absolute atomic E-state index is 13.5. The van der Waals surface area contributed by atoms with E-state index in [-0.39, 0.29) is 11.8 Å². The van der Waals surface area contributed by atoms with Gasteiger partial charge in [0.2, 0.25) is 11.8 Å². The molecule has 0 fully saturated rings. The van der Waals surface area contributed by atoms with Crippen LogP contribution in [0.25, 0.3) is 0 Å². The van der Waals surface area contributed by atoms with Crippen molar-refractivity contribution in [2.45, 2.75) is 52.1 Å². The van der Waals surface area contributed by atoms with Crippen LogP contribution in [0.1, 0.15) is 42.9 Å². The molecule has 0 bridgehead atoms. The number of nitrogens with zero attached hydrogens (tertiary/aromatic N) is 1. The van der Waals surface area contributed by atoms with Crippen molar-refractivity contribution in [2.75, 3.05) is 13.2 Å². The molecule has 0 saturated carbocycles. The van der Waals surface area contributed by atoms with E-state index in [4.69, 9.17) is 4.74 Å². The summed E-state index contributed by atoms with van der Waals surface area (Å²) < 4.78 is 5.77. The number of carbonyl (C=O) groups is 2. The summed E-state index contributed by atoms with van der Waals surface area (Å²) in [5.41, 5.74) is 3.19. The molecule has 184 valence electrons. The molecule has 0 aromatic heterocycles. The molecule has 1 atom stereocenters. The molecule has 0 aliphatic rings. The quantitative estimate of drug-likeness (QED) is 0.343. The Labute approximate surface area is 209 Å². The first-order chi connectivity index (χ1) is 17.1. The number of amides is 2. The molecule has 1 N–H and O–H groups in total. The first-order valence-electron chi connectivity index (χ1n) is 12.4. The van der Waals surface area contributed by atoms with Gasteiger partial charge >= 0.3 is 0 Å². The predicted molar refractivity (Wildman–Crippen MR) is 140 cm³/mol. The van der Waals surface area contributed by atoms with Gasteiger partial charge in [0.25, 0.3) is 0 Å². The Morgan fingerprint density at radius 3 is 2.20 bits per heavy atom. The number of nitrogens with one attached hydrogen (secondary N) is 1. The zero-order chi connectivity index (χ0) is 24.9. The Hall–Kier alpha value is -3.60. The molecule has 0 spiro atoms. The fourth-order valence-corrected chi connectivity index (χ4v) is 3.88. The number of ether oxygens (including phenoxy) is 1. The number of hydrogen-bond acceptors (Lipinski definition) is 3. The Bertz CT molecular complexity index is 1040. The third-order valence-corrected chi connectivity index (χ3v) is 5.84. The molecule has 0 aliphatic heterocycles. The Kier molecular flexibility index (Phi) is 10.4. The highest BCUT2D eigenvalue weighted by Crippen LogP contribution is 2.17. The van der Waals surface area contributed by atoms with E-state index in [0.29, 0.717) is 39.0 Å². The highest BCUT2D eigenvalue weighted by atomic mass is 16.5. The topological polar surface area (TPSA) is 58.6 Å². The molecule has 0 saturated heterocycles. The molecule has 0 radical (unpaired) electrons. The molecule has 3 rings (SSSR count). The number of aryl methyl sites for hydroxylation is 1. The maximum Gasteiger partial charge on any atom is 0.243 e. The van der Waals surface area contributed by atoms with Crippen molar-refractivity contribution in [1.82, 2.24) is 10.2 Å². The van der Waals surface area contributed by atoms with Gasteiger partial charge in [0.15, 0.2) is 0 Å². The monoisotopic (exact) mass is 472 g/mol. The number of carbonyl (C=O) groups excluding carboxylic acids is 2. The standard InChI is InChI=1S/C30H36N2O3/c1-3-20-31-30(34)28(22-25-11-6-4-7-12-25)32(23-26-18-16-24(2)17-19-26)29(33)15-10-21-35-27-13-8-5-9-14-27/h4-9,11-14,16-19,28H,3,10,15,20-23H2,1-2H3,(H,31,34)/t28-/m0/s1. The summed E-state index contributed by atoms with van der Waals surface area (Å²) in [6.07, 6.45) is 2.19. The van der Waals surface area contributed by atoms with Crippen molar-refractivity contribution in [1.29, 1.82) is 0 Å². The summed E-state index contributed by atoms with van der Waals surface area (Å²) in [7, 11) is 0. The van der Waals surface area contributed by atoms with E-state index in [1.165, 1.54) is 0 Å². The van der Waals surface area contributed by atoms with Gasteiger partial charge in [-0.3, -0.25) is 9.59 Å². The van der Waals surface area contributed by atoms with Crippen LogP contribution >= 0.6 is 0 Å². The van der Waals surface area contributed by atoms with E-state index in [9.17, 15) is 9.59 Å². The van der Waals surface area contributed by atoms with Crippen molar-refractivity contribution in [3.8, 4) is 5.75 Å². The van der Waals surface area contributed by atoms with E-state index < -0.39 is 6.04 Å². The number of hydrogen-bond donors (Lipinski definition) is 1. The number of benzene rings is 3. The van der Waals surface area contributed by atoms with Gasteiger partial charge in [0.05, 0.1) is 6.61 Å². The number of rotatable bonds is 13. The summed E-state index contributed by atoms with van der Waals surface area (Å²) in [6.45, 7) is 5.47. The largest absolute Gasteiger partial charge is 0.494 e. The second kappa shape index (κ2) is 14.0. The lowest BCUT2D eigenvalue weighted by Gasteiger charge is -2.31. The minimum atomic E-state index is -0.590. The minimum Gasteiger partial charge on any atom is -0.494 e. The molecule has 5 nitrogen and oxygen atoms in total. The van der Waals surface area contributed by atoms with Crippen LogP contribution in [-0.2, 0) is 22.6 Å². The molecule has 2 amide bonds. The first-order valence-corrected chi connectivity index (χ1v) is 12.4. The molecule has 35 heavy (non-hydrogen) atoms. The smallest absolute Gasteiger partial charge is 0.243 e. The Morgan fingerprint density at radius 2 is 1.54 bits per heavy atom. The lowest BCUT2D eigenvalue weighted by molar-refractivity contribution is -0.141. The first kappa shape index (κ1) is 26.0. The van der Waals surface area contributed by atoms with E-state index in [1.54, 1.807) is 4.90 Å². The van der Waals surface area contributed by atoms with E-state index in [1.807, 2.05) is 98.8 Å². The van der Waals surface area contributed by atoms with Gasteiger partial charge < -0.3 is 15.0 Å². The van der Waals surface area contributed by atoms with Gasteiger partial charge in [0, 0.05) is 25.9 Å². The van der Waals surface area contributed by atoms with Crippen LogP contribution in [0.5, 0.6) is 5.75 Å². The summed E-state index contributed by atoms with van der Waals surface area (Å²) >= 11 is 0. The van der Waals surface area contributed by atoms with Crippen molar-refractivity contribution in [2.24, 2.45) is 0 Å². The number of para-hydroxylation sites is 1. The average Bonchev–Trinajstić information content (AvgIpc) is 2.89. The maximum atomic E-state index is 13.5. The van der Waals surface area contributed by atoms with E-state index >= 15 is 0 Å². The van der Waals surface area contributed by atoms with Crippen LogP contribution in [0.4, 0.5) is 0 Å². The molecular weight excluding hydrogens is 436 g/mol. The van der Waals surface area contributed by atoms with Crippen LogP contribution in [0, 0.1) is 6.92 Å². The minimum absolute atomic E-state index is 0.0465. The zero-order valence-corrected chi connectivity index (χ0v) is 20.8. The molecule has 5 heteroatoms. The highest BCUT2D eigenvalue weighted by molar-refractivity contribution is 5.88. The van der Waals surface area contributed by atoms with Crippen molar-refractivity contribution >= 4 is 11.8 Å².